The Hall–Kier alpha value is -2.89. The van der Waals surface area contributed by atoms with Crippen LogP contribution in [0.2, 0.25) is 5.02 Å². The van der Waals surface area contributed by atoms with E-state index in [4.69, 9.17) is 16.3 Å². The maximum atomic E-state index is 11.8. The zero-order chi connectivity index (χ0) is 20.1. The first-order chi connectivity index (χ1) is 14.2. The Morgan fingerprint density at radius 1 is 1.14 bits per heavy atom. The van der Waals surface area contributed by atoms with Crippen molar-refractivity contribution in [2.24, 2.45) is 0 Å². The molecule has 148 valence electrons. The normalized spacial score (nSPS) is 16.9. The fourth-order valence-corrected chi connectivity index (χ4v) is 3.38. The standard InChI is InChI=1S/C23H22ClN3O2/c24-20-9-7-19(8-10-20)18-5-3-17(4-6-18)2-1-12-27-15-21(26-16-27)14-22-23(28)25-11-13-29-22/h1-10,15-16,22H,11-14H2,(H,25,28). The summed E-state index contributed by atoms with van der Waals surface area (Å²) in [6.07, 6.45) is 7.97. The van der Waals surface area contributed by atoms with Gasteiger partial charge in [0.05, 0.1) is 18.6 Å². The van der Waals surface area contributed by atoms with Crippen LogP contribution in [0.15, 0.2) is 67.1 Å². The Bertz CT molecular complexity index is 994. The lowest BCUT2D eigenvalue weighted by molar-refractivity contribution is -0.137. The number of carbonyl (C=O) groups excluding carboxylic acids is 1. The van der Waals surface area contributed by atoms with Crippen LogP contribution in [0, 0.1) is 0 Å². The quantitative estimate of drug-likeness (QED) is 0.672. The molecule has 0 saturated carbocycles. The average molecular weight is 408 g/mol. The van der Waals surface area contributed by atoms with E-state index in [1.54, 1.807) is 6.33 Å². The molecule has 2 aromatic carbocycles. The summed E-state index contributed by atoms with van der Waals surface area (Å²) < 4.78 is 7.50. The number of rotatable bonds is 6. The van der Waals surface area contributed by atoms with Gasteiger partial charge in [-0.25, -0.2) is 4.98 Å². The van der Waals surface area contributed by atoms with Crippen molar-refractivity contribution in [2.45, 2.75) is 19.1 Å². The Balaban J connectivity index is 1.32. The minimum atomic E-state index is -0.443. The molecule has 4 rings (SSSR count). The van der Waals surface area contributed by atoms with Crippen LogP contribution >= 0.6 is 11.6 Å². The van der Waals surface area contributed by atoms with E-state index >= 15 is 0 Å². The molecule has 1 unspecified atom stereocenters. The second-order valence-corrected chi connectivity index (χ2v) is 7.38. The molecule has 29 heavy (non-hydrogen) atoms. The number of ether oxygens (including phenoxy) is 1. The zero-order valence-corrected chi connectivity index (χ0v) is 16.7. The predicted molar refractivity (Wildman–Crippen MR) is 115 cm³/mol. The van der Waals surface area contributed by atoms with E-state index < -0.39 is 6.10 Å². The van der Waals surface area contributed by atoms with E-state index in [9.17, 15) is 4.79 Å². The summed E-state index contributed by atoms with van der Waals surface area (Å²) in [5.41, 5.74) is 4.29. The number of imidazole rings is 1. The number of hydrogen-bond donors (Lipinski definition) is 1. The van der Waals surface area contributed by atoms with Gasteiger partial charge in [0.15, 0.2) is 0 Å². The van der Waals surface area contributed by atoms with Crippen molar-refractivity contribution < 1.29 is 9.53 Å². The third-order valence-electron chi connectivity index (χ3n) is 4.81. The first-order valence-electron chi connectivity index (χ1n) is 9.60. The number of morpholine rings is 1. The second-order valence-electron chi connectivity index (χ2n) is 6.95. The number of nitrogens with zero attached hydrogens (tertiary/aromatic N) is 2. The van der Waals surface area contributed by atoms with E-state index in [2.05, 4.69) is 46.7 Å². The number of allylic oxidation sites excluding steroid dienone is 1. The fraction of sp³-hybridized carbons (Fsp3) is 0.217. The molecular formula is C23H22ClN3O2. The highest BCUT2D eigenvalue weighted by atomic mass is 35.5. The van der Waals surface area contributed by atoms with Gasteiger partial charge in [-0.2, -0.15) is 0 Å². The number of benzene rings is 2. The van der Waals surface area contributed by atoms with E-state index in [-0.39, 0.29) is 5.91 Å². The third-order valence-corrected chi connectivity index (χ3v) is 5.06. The van der Waals surface area contributed by atoms with Crippen molar-refractivity contribution in [3.8, 4) is 11.1 Å². The van der Waals surface area contributed by atoms with E-state index in [1.807, 2.05) is 35.0 Å². The van der Waals surface area contributed by atoms with Crippen LogP contribution < -0.4 is 5.32 Å². The van der Waals surface area contributed by atoms with Crippen LogP contribution in [0.4, 0.5) is 0 Å². The van der Waals surface area contributed by atoms with Crippen molar-refractivity contribution in [2.75, 3.05) is 13.2 Å². The molecule has 3 aromatic rings. The molecule has 5 nitrogen and oxygen atoms in total. The lowest BCUT2D eigenvalue weighted by Crippen LogP contribution is -2.45. The highest BCUT2D eigenvalue weighted by Gasteiger charge is 2.23. The zero-order valence-electron chi connectivity index (χ0n) is 15.9. The monoisotopic (exact) mass is 407 g/mol. The number of aromatic nitrogens is 2. The maximum Gasteiger partial charge on any atom is 0.249 e. The van der Waals surface area contributed by atoms with Crippen molar-refractivity contribution in [3.05, 3.63) is 83.4 Å². The highest BCUT2D eigenvalue weighted by molar-refractivity contribution is 6.30. The Morgan fingerprint density at radius 3 is 2.59 bits per heavy atom. The molecule has 1 amide bonds. The van der Waals surface area contributed by atoms with Gasteiger partial charge in [0.1, 0.15) is 6.10 Å². The molecule has 1 aliphatic heterocycles. The topological polar surface area (TPSA) is 56.1 Å². The lowest BCUT2D eigenvalue weighted by Gasteiger charge is -2.21. The summed E-state index contributed by atoms with van der Waals surface area (Å²) >= 11 is 5.95. The van der Waals surface area contributed by atoms with Crippen LogP contribution in [0.25, 0.3) is 17.2 Å². The Morgan fingerprint density at radius 2 is 1.86 bits per heavy atom. The lowest BCUT2D eigenvalue weighted by atomic mass is 10.0. The molecule has 6 heteroatoms. The summed E-state index contributed by atoms with van der Waals surface area (Å²) in [5, 5.41) is 3.55. The summed E-state index contributed by atoms with van der Waals surface area (Å²) in [5.74, 6) is -0.0623. The van der Waals surface area contributed by atoms with Crippen molar-refractivity contribution in [3.63, 3.8) is 0 Å². The minimum absolute atomic E-state index is 0.0623. The average Bonchev–Trinajstić information content (AvgIpc) is 3.18. The molecule has 1 aliphatic rings. The molecular weight excluding hydrogens is 386 g/mol. The molecule has 0 radical (unpaired) electrons. The van der Waals surface area contributed by atoms with Gasteiger partial charge in [-0.3, -0.25) is 4.79 Å². The summed E-state index contributed by atoms with van der Waals surface area (Å²) in [7, 11) is 0. The van der Waals surface area contributed by atoms with E-state index in [0.29, 0.717) is 26.1 Å². The molecule has 0 spiro atoms. The van der Waals surface area contributed by atoms with Crippen molar-refractivity contribution >= 4 is 23.6 Å². The van der Waals surface area contributed by atoms with Gasteiger partial charge < -0.3 is 14.6 Å². The van der Waals surface area contributed by atoms with Crippen LogP contribution in [0.1, 0.15) is 11.3 Å². The number of hydrogen-bond acceptors (Lipinski definition) is 3. The van der Waals surface area contributed by atoms with Gasteiger partial charge in [0, 0.05) is 30.7 Å². The molecule has 1 fully saturated rings. The molecule has 0 bridgehead atoms. The molecule has 1 N–H and O–H groups in total. The van der Waals surface area contributed by atoms with Gasteiger partial charge in [-0.15, -0.1) is 0 Å². The van der Waals surface area contributed by atoms with Gasteiger partial charge in [0.2, 0.25) is 5.91 Å². The summed E-state index contributed by atoms with van der Waals surface area (Å²) in [4.78, 5) is 16.2. The Labute approximate surface area is 175 Å². The maximum absolute atomic E-state index is 11.8. The van der Waals surface area contributed by atoms with Crippen LogP contribution in [0.3, 0.4) is 0 Å². The summed E-state index contributed by atoms with van der Waals surface area (Å²) in [6.45, 7) is 1.84. The first-order valence-corrected chi connectivity index (χ1v) is 9.98. The molecule has 1 aromatic heterocycles. The third kappa shape index (κ3) is 5.13. The number of nitrogens with one attached hydrogen (secondary N) is 1. The first kappa shape index (κ1) is 19.4. The second kappa shape index (κ2) is 9.07. The Kier molecular flexibility index (Phi) is 6.08. The van der Waals surface area contributed by atoms with Crippen molar-refractivity contribution in [1.29, 1.82) is 0 Å². The highest BCUT2D eigenvalue weighted by Crippen LogP contribution is 2.22. The van der Waals surface area contributed by atoms with E-state index in [1.165, 1.54) is 0 Å². The van der Waals surface area contributed by atoms with Gasteiger partial charge in [-0.1, -0.05) is 60.2 Å². The largest absolute Gasteiger partial charge is 0.366 e. The van der Waals surface area contributed by atoms with Crippen LogP contribution in [-0.4, -0.2) is 34.7 Å². The van der Waals surface area contributed by atoms with Gasteiger partial charge in [0.25, 0.3) is 0 Å². The van der Waals surface area contributed by atoms with E-state index in [0.717, 1.165) is 27.4 Å². The molecule has 1 atom stereocenters. The smallest absolute Gasteiger partial charge is 0.249 e. The fourth-order valence-electron chi connectivity index (χ4n) is 3.26. The van der Waals surface area contributed by atoms with Gasteiger partial charge >= 0.3 is 0 Å². The van der Waals surface area contributed by atoms with Crippen LogP contribution in [0.5, 0.6) is 0 Å². The van der Waals surface area contributed by atoms with Crippen LogP contribution in [-0.2, 0) is 22.5 Å². The van der Waals surface area contributed by atoms with Gasteiger partial charge in [-0.05, 0) is 28.8 Å². The minimum Gasteiger partial charge on any atom is -0.366 e. The van der Waals surface area contributed by atoms with Crippen molar-refractivity contribution in [1.82, 2.24) is 14.9 Å². The number of amides is 1. The molecule has 0 aliphatic carbocycles. The number of halogens is 1. The SMILES string of the molecule is O=C1NCCOC1Cc1cn(CC=Cc2ccc(-c3ccc(Cl)cc3)cc2)cn1. The summed E-state index contributed by atoms with van der Waals surface area (Å²) in [6, 6.07) is 16.2. The predicted octanol–water partition coefficient (Wildman–Crippen LogP) is 3.97. The molecule has 2 heterocycles. The number of carbonyl (C=O) groups is 1. The molecule has 1 saturated heterocycles.